The number of hydrogen-bond donors (Lipinski definition) is 1. The highest BCUT2D eigenvalue weighted by molar-refractivity contribution is 4.69. The van der Waals surface area contributed by atoms with Gasteiger partial charge in [-0.15, -0.1) is 0 Å². The van der Waals surface area contributed by atoms with Gasteiger partial charge in [0.2, 0.25) is 0 Å². The molecule has 0 atom stereocenters. The van der Waals surface area contributed by atoms with Gasteiger partial charge in [-0.1, -0.05) is 20.8 Å². The van der Waals surface area contributed by atoms with Crippen LogP contribution < -0.4 is 4.90 Å². The summed E-state index contributed by atoms with van der Waals surface area (Å²) in [4.78, 5) is 4.18. The van der Waals surface area contributed by atoms with Gasteiger partial charge in [0.1, 0.15) is 0 Å². The quantitative estimate of drug-likeness (QED) is 0.686. The van der Waals surface area contributed by atoms with Crippen molar-refractivity contribution in [1.82, 2.24) is 4.90 Å². The second-order valence-corrected chi connectivity index (χ2v) is 6.18. The predicted octanol–water partition coefficient (Wildman–Crippen LogP) is 0.641. The van der Waals surface area contributed by atoms with Crippen LogP contribution in [0, 0.1) is 5.41 Å². The van der Waals surface area contributed by atoms with E-state index in [0.29, 0.717) is 5.41 Å². The van der Waals surface area contributed by atoms with Crippen molar-refractivity contribution in [3.05, 3.63) is 0 Å². The predicted molar refractivity (Wildman–Crippen MR) is 61.7 cm³/mol. The fourth-order valence-electron chi connectivity index (χ4n) is 2.45. The Labute approximate surface area is 89.3 Å². The maximum atomic E-state index is 2.38. The Hall–Kier alpha value is -0.0800. The highest BCUT2D eigenvalue weighted by Crippen LogP contribution is 2.10. The zero-order valence-corrected chi connectivity index (χ0v) is 10.6. The average molecular weight is 199 g/mol. The third kappa shape index (κ3) is 3.97. The Morgan fingerprint density at radius 3 is 2.00 bits per heavy atom. The minimum Gasteiger partial charge on any atom is -0.334 e. The van der Waals surface area contributed by atoms with E-state index in [2.05, 4.69) is 39.8 Å². The number of quaternary nitrogens is 1. The second-order valence-electron chi connectivity index (χ2n) is 6.18. The zero-order valence-electron chi connectivity index (χ0n) is 10.6. The lowest BCUT2D eigenvalue weighted by atomic mass is 9.94. The molecular weight excluding hydrogens is 172 g/mol. The van der Waals surface area contributed by atoms with Gasteiger partial charge in [0, 0.05) is 24.3 Å². The highest BCUT2D eigenvalue weighted by Gasteiger charge is 2.26. The van der Waals surface area contributed by atoms with Crippen LogP contribution in [0.15, 0.2) is 0 Å². The van der Waals surface area contributed by atoms with E-state index in [9.17, 15) is 0 Å². The molecule has 1 N–H and O–H groups in total. The van der Waals surface area contributed by atoms with Crippen LogP contribution in [0.25, 0.3) is 0 Å². The van der Waals surface area contributed by atoms with Crippen molar-refractivity contribution in [2.75, 3.05) is 33.7 Å². The smallest absolute Gasteiger partial charge is 0.0819 e. The summed E-state index contributed by atoms with van der Waals surface area (Å²) >= 11 is 0. The highest BCUT2D eigenvalue weighted by atomic mass is 15.2. The third-order valence-electron chi connectivity index (χ3n) is 3.17. The molecule has 2 heteroatoms. The fourth-order valence-corrected chi connectivity index (χ4v) is 2.45. The van der Waals surface area contributed by atoms with Gasteiger partial charge >= 0.3 is 0 Å². The van der Waals surface area contributed by atoms with Crippen molar-refractivity contribution in [1.29, 1.82) is 0 Å². The normalized spacial score (nSPS) is 29.6. The van der Waals surface area contributed by atoms with Crippen molar-refractivity contribution in [3.8, 4) is 0 Å². The van der Waals surface area contributed by atoms with Crippen LogP contribution in [0.5, 0.6) is 0 Å². The number of nitrogens with zero attached hydrogens (tertiary/aromatic N) is 1. The summed E-state index contributed by atoms with van der Waals surface area (Å²) in [6.45, 7) is 11.1. The van der Waals surface area contributed by atoms with Crippen molar-refractivity contribution < 1.29 is 4.90 Å². The van der Waals surface area contributed by atoms with Gasteiger partial charge in [-0.3, -0.25) is 0 Å². The molecule has 0 aromatic heterocycles. The summed E-state index contributed by atoms with van der Waals surface area (Å²) in [7, 11) is 4.42. The molecule has 14 heavy (non-hydrogen) atoms. The zero-order chi connectivity index (χ0) is 10.8. The maximum Gasteiger partial charge on any atom is 0.0819 e. The van der Waals surface area contributed by atoms with Gasteiger partial charge in [0.05, 0.1) is 19.6 Å². The van der Waals surface area contributed by atoms with Gasteiger partial charge in [-0.05, 0) is 14.1 Å². The first-order valence-corrected chi connectivity index (χ1v) is 5.88. The number of hydrogen-bond acceptors (Lipinski definition) is 1. The Morgan fingerprint density at radius 1 is 1.14 bits per heavy atom. The van der Waals surface area contributed by atoms with Gasteiger partial charge in [-0.2, -0.15) is 0 Å². The van der Waals surface area contributed by atoms with Gasteiger partial charge in [0.15, 0.2) is 0 Å². The number of nitrogens with one attached hydrogen (secondary N) is 1. The molecule has 1 fully saturated rings. The Morgan fingerprint density at radius 2 is 1.64 bits per heavy atom. The minimum atomic E-state index is 0.486. The first kappa shape index (κ1) is 12.0. The van der Waals surface area contributed by atoms with Crippen molar-refractivity contribution in [2.45, 2.75) is 39.7 Å². The Bertz CT molecular complexity index is 162. The molecule has 2 nitrogen and oxygen atoms in total. The van der Waals surface area contributed by atoms with E-state index in [4.69, 9.17) is 0 Å². The van der Waals surface area contributed by atoms with E-state index >= 15 is 0 Å². The molecule has 1 heterocycles. The first-order chi connectivity index (χ1) is 6.38. The number of rotatable bonds is 2. The van der Waals surface area contributed by atoms with Crippen LogP contribution in [0.2, 0.25) is 0 Å². The summed E-state index contributed by atoms with van der Waals surface area (Å²) < 4.78 is 0. The van der Waals surface area contributed by atoms with E-state index in [0.717, 1.165) is 6.04 Å². The average Bonchev–Trinajstić information content (AvgIpc) is 2.02. The van der Waals surface area contributed by atoms with Crippen LogP contribution >= 0.6 is 0 Å². The summed E-state index contributed by atoms with van der Waals surface area (Å²) in [5, 5.41) is 0. The SMILES string of the molecule is CN(C)C1CC[NH+](CC(C)(C)C)CC1. The second kappa shape index (κ2) is 4.63. The first-order valence-electron chi connectivity index (χ1n) is 5.88. The molecule has 1 saturated heterocycles. The molecule has 0 saturated carbocycles. The number of piperidine rings is 1. The summed E-state index contributed by atoms with van der Waals surface area (Å²) in [6.07, 6.45) is 2.75. The lowest BCUT2D eigenvalue weighted by Crippen LogP contribution is -3.14. The van der Waals surface area contributed by atoms with Crippen LogP contribution in [0.3, 0.4) is 0 Å². The van der Waals surface area contributed by atoms with E-state index in [1.54, 1.807) is 4.90 Å². The fraction of sp³-hybridized carbons (Fsp3) is 1.00. The molecular formula is C12H27N2+. The largest absolute Gasteiger partial charge is 0.334 e. The molecule has 0 spiro atoms. The topological polar surface area (TPSA) is 7.68 Å². The van der Waals surface area contributed by atoms with Crippen molar-refractivity contribution in [3.63, 3.8) is 0 Å². The molecule has 0 aromatic rings. The van der Waals surface area contributed by atoms with Crippen molar-refractivity contribution >= 4 is 0 Å². The van der Waals surface area contributed by atoms with Crippen LogP contribution in [0.1, 0.15) is 33.6 Å². The van der Waals surface area contributed by atoms with E-state index in [-0.39, 0.29) is 0 Å². The summed E-state index contributed by atoms with van der Waals surface area (Å²) in [6, 6.07) is 0.832. The maximum absolute atomic E-state index is 2.38. The Kier molecular flexibility index (Phi) is 3.96. The van der Waals surface area contributed by atoms with Crippen LogP contribution in [-0.2, 0) is 0 Å². The Balaban J connectivity index is 2.29. The summed E-state index contributed by atoms with van der Waals surface area (Å²) in [5.74, 6) is 0. The van der Waals surface area contributed by atoms with Gasteiger partial charge < -0.3 is 9.80 Å². The van der Waals surface area contributed by atoms with Gasteiger partial charge in [0.25, 0.3) is 0 Å². The van der Waals surface area contributed by atoms with E-state index in [1.165, 1.54) is 32.5 Å². The minimum absolute atomic E-state index is 0.486. The number of likely N-dealkylation sites (tertiary alicyclic amines) is 1. The molecule has 1 aliphatic rings. The summed E-state index contributed by atoms with van der Waals surface area (Å²) in [5.41, 5.74) is 0.486. The van der Waals surface area contributed by atoms with E-state index in [1.807, 2.05) is 0 Å². The van der Waals surface area contributed by atoms with Crippen LogP contribution in [0.4, 0.5) is 0 Å². The molecule has 0 aliphatic carbocycles. The van der Waals surface area contributed by atoms with Crippen LogP contribution in [-0.4, -0.2) is 44.7 Å². The lowest BCUT2D eigenvalue weighted by molar-refractivity contribution is -0.911. The molecule has 84 valence electrons. The molecule has 0 unspecified atom stereocenters. The molecule has 0 aromatic carbocycles. The lowest BCUT2D eigenvalue weighted by Gasteiger charge is -2.35. The molecule has 0 radical (unpaired) electrons. The van der Waals surface area contributed by atoms with Gasteiger partial charge in [-0.25, -0.2) is 0 Å². The monoisotopic (exact) mass is 199 g/mol. The molecule has 0 bridgehead atoms. The standard InChI is InChI=1S/C12H26N2/c1-12(2,3)10-14-8-6-11(7-9-14)13(4)5/h11H,6-10H2,1-5H3/p+1. The molecule has 1 rings (SSSR count). The molecule has 1 aliphatic heterocycles. The third-order valence-corrected chi connectivity index (χ3v) is 3.17. The van der Waals surface area contributed by atoms with E-state index < -0.39 is 0 Å². The molecule has 0 amide bonds. The van der Waals surface area contributed by atoms with Crippen molar-refractivity contribution in [2.24, 2.45) is 5.41 Å².